The number of nitrogens with zero attached hydrogens (tertiary/aromatic N) is 2. The minimum atomic E-state index is -0.401. The SMILES string of the molecule is C=Cc1nc(Nc2ccc(F)cn2)oc1C=C. The van der Waals surface area contributed by atoms with Crippen LogP contribution < -0.4 is 5.32 Å². The lowest BCUT2D eigenvalue weighted by atomic mass is 10.3. The Bertz CT molecular complexity index is 520. The van der Waals surface area contributed by atoms with Crippen molar-refractivity contribution in [3.05, 3.63) is 48.8 Å². The van der Waals surface area contributed by atoms with Gasteiger partial charge in [-0.1, -0.05) is 13.2 Å². The van der Waals surface area contributed by atoms with Crippen molar-refractivity contribution in [2.75, 3.05) is 5.32 Å². The van der Waals surface area contributed by atoms with E-state index in [1.54, 1.807) is 6.08 Å². The average molecular weight is 231 g/mol. The maximum absolute atomic E-state index is 12.6. The predicted molar refractivity (Wildman–Crippen MR) is 64.2 cm³/mol. The van der Waals surface area contributed by atoms with Crippen LogP contribution >= 0.6 is 0 Å². The Morgan fingerprint density at radius 2 is 2.12 bits per heavy atom. The zero-order valence-corrected chi connectivity index (χ0v) is 8.98. The van der Waals surface area contributed by atoms with Crippen molar-refractivity contribution >= 4 is 24.0 Å². The van der Waals surface area contributed by atoms with Crippen LogP contribution in [-0.2, 0) is 0 Å². The van der Waals surface area contributed by atoms with E-state index in [4.69, 9.17) is 4.42 Å². The fourth-order valence-electron chi connectivity index (χ4n) is 1.25. The third-order valence-corrected chi connectivity index (χ3v) is 2.02. The van der Waals surface area contributed by atoms with Gasteiger partial charge in [0, 0.05) is 0 Å². The molecule has 0 saturated heterocycles. The van der Waals surface area contributed by atoms with Gasteiger partial charge < -0.3 is 4.42 Å². The van der Waals surface area contributed by atoms with Crippen molar-refractivity contribution in [1.29, 1.82) is 0 Å². The lowest BCUT2D eigenvalue weighted by molar-refractivity contribution is 0.567. The summed E-state index contributed by atoms with van der Waals surface area (Å²) in [5.41, 5.74) is 0.588. The molecule has 0 aromatic carbocycles. The van der Waals surface area contributed by atoms with Crippen molar-refractivity contribution in [3.63, 3.8) is 0 Å². The number of halogens is 1. The highest BCUT2D eigenvalue weighted by atomic mass is 19.1. The van der Waals surface area contributed by atoms with Crippen molar-refractivity contribution in [2.24, 2.45) is 0 Å². The number of rotatable bonds is 4. The molecule has 86 valence electrons. The van der Waals surface area contributed by atoms with E-state index in [1.807, 2.05) is 0 Å². The second kappa shape index (κ2) is 4.61. The highest BCUT2D eigenvalue weighted by Crippen LogP contribution is 2.20. The first-order chi connectivity index (χ1) is 8.22. The first-order valence-electron chi connectivity index (χ1n) is 4.87. The van der Waals surface area contributed by atoms with Crippen LogP contribution in [0.3, 0.4) is 0 Å². The quantitative estimate of drug-likeness (QED) is 0.877. The number of pyridine rings is 1. The fourth-order valence-corrected chi connectivity index (χ4v) is 1.25. The summed E-state index contributed by atoms with van der Waals surface area (Å²) in [6.07, 6.45) is 4.20. The number of anilines is 2. The van der Waals surface area contributed by atoms with Gasteiger partial charge in [-0.2, -0.15) is 4.98 Å². The van der Waals surface area contributed by atoms with Crippen LogP contribution in [0.5, 0.6) is 0 Å². The number of aromatic nitrogens is 2. The zero-order chi connectivity index (χ0) is 12.3. The van der Waals surface area contributed by atoms with Crippen LogP contribution in [0, 0.1) is 5.82 Å². The molecule has 0 aliphatic rings. The van der Waals surface area contributed by atoms with E-state index in [-0.39, 0.29) is 6.01 Å². The van der Waals surface area contributed by atoms with Crippen molar-refractivity contribution < 1.29 is 8.81 Å². The van der Waals surface area contributed by atoms with E-state index in [2.05, 4.69) is 28.4 Å². The van der Waals surface area contributed by atoms with Gasteiger partial charge in [-0.3, -0.25) is 5.32 Å². The van der Waals surface area contributed by atoms with Gasteiger partial charge in [0.1, 0.15) is 17.3 Å². The molecule has 2 rings (SSSR count). The molecule has 0 bridgehead atoms. The van der Waals surface area contributed by atoms with E-state index in [0.29, 0.717) is 17.3 Å². The Hall–Kier alpha value is -2.43. The van der Waals surface area contributed by atoms with Gasteiger partial charge in [-0.25, -0.2) is 9.37 Å². The van der Waals surface area contributed by atoms with Crippen molar-refractivity contribution in [2.45, 2.75) is 0 Å². The Kier molecular flexibility index (Phi) is 3.00. The van der Waals surface area contributed by atoms with Gasteiger partial charge in [0.2, 0.25) is 0 Å². The van der Waals surface area contributed by atoms with Gasteiger partial charge >= 0.3 is 6.01 Å². The lowest BCUT2D eigenvalue weighted by Crippen LogP contribution is -1.93. The van der Waals surface area contributed by atoms with Crippen LogP contribution in [0.25, 0.3) is 12.2 Å². The summed E-state index contributed by atoms with van der Waals surface area (Å²) in [4.78, 5) is 7.94. The molecule has 1 N–H and O–H groups in total. The number of hydrogen-bond acceptors (Lipinski definition) is 4. The molecule has 0 fully saturated rings. The third-order valence-electron chi connectivity index (χ3n) is 2.02. The normalized spacial score (nSPS) is 9.94. The summed E-state index contributed by atoms with van der Waals surface area (Å²) in [6, 6.07) is 3.04. The van der Waals surface area contributed by atoms with E-state index in [9.17, 15) is 4.39 Å². The molecule has 2 aromatic heterocycles. The summed E-state index contributed by atoms with van der Waals surface area (Å²) in [5.74, 6) is 0.560. The summed E-state index contributed by atoms with van der Waals surface area (Å²) < 4.78 is 18.0. The molecule has 17 heavy (non-hydrogen) atoms. The van der Waals surface area contributed by atoms with Crippen LogP contribution in [-0.4, -0.2) is 9.97 Å². The summed E-state index contributed by atoms with van der Waals surface area (Å²) in [6.45, 7) is 7.21. The highest BCUT2D eigenvalue weighted by molar-refractivity contribution is 5.59. The van der Waals surface area contributed by atoms with Gasteiger partial charge in [0.15, 0.2) is 5.76 Å². The minimum Gasteiger partial charge on any atom is -0.423 e. The molecule has 0 radical (unpaired) electrons. The molecule has 0 aliphatic carbocycles. The molecule has 5 heteroatoms. The van der Waals surface area contributed by atoms with Crippen LogP contribution in [0.4, 0.5) is 16.2 Å². The van der Waals surface area contributed by atoms with E-state index >= 15 is 0 Å². The van der Waals surface area contributed by atoms with E-state index in [0.717, 1.165) is 6.20 Å². The smallest absolute Gasteiger partial charge is 0.301 e. The van der Waals surface area contributed by atoms with Crippen LogP contribution in [0.1, 0.15) is 11.5 Å². The summed E-state index contributed by atoms with van der Waals surface area (Å²) >= 11 is 0. The molecular weight excluding hydrogens is 221 g/mol. The zero-order valence-electron chi connectivity index (χ0n) is 8.98. The van der Waals surface area contributed by atoms with Crippen LogP contribution in [0.15, 0.2) is 35.9 Å². The first kappa shape index (κ1) is 11.1. The molecule has 0 aliphatic heterocycles. The predicted octanol–water partition coefficient (Wildman–Crippen LogP) is 3.24. The standard InChI is InChI=1S/C12H10FN3O/c1-3-9-10(4-2)17-12(15-9)16-11-6-5-8(13)7-14-11/h3-7H,1-2H2,(H,14,15,16). The fraction of sp³-hybridized carbons (Fsp3) is 0. The molecule has 4 nitrogen and oxygen atoms in total. The number of nitrogens with one attached hydrogen (secondary N) is 1. The monoisotopic (exact) mass is 231 g/mol. The maximum atomic E-state index is 12.6. The Balaban J connectivity index is 2.24. The number of hydrogen-bond donors (Lipinski definition) is 1. The Morgan fingerprint density at radius 3 is 2.65 bits per heavy atom. The maximum Gasteiger partial charge on any atom is 0.301 e. The Labute approximate surface area is 97.5 Å². The summed E-state index contributed by atoms with van der Waals surface area (Å²) in [7, 11) is 0. The molecule has 0 atom stereocenters. The van der Waals surface area contributed by atoms with Crippen molar-refractivity contribution in [1.82, 2.24) is 9.97 Å². The van der Waals surface area contributed by atoms with Gasteiger partial charge in [-0.15, -0.1) is 0 Å². The highest BCUT2D eigenvalue weighted by Gasteiger charge is 2.08. The summed E-state index contributed by atoms with van der Waals surface area (Å²) in [5, 5.41) is 2.81. The molecule has 0 amide bonds. The van der Waals surface area contributed by atoms with Gasteiger partial charge in [0.25, 0.3) is 0 Å². The topological polar surface area (TPSA) is 51.0 Å². The van der Waals surface area contributed by atoms with Crippen LogP contribution in [0.2, 0.25) is 0 Å². The minimum absolute atomic E-state index is 0.258. The lowest BCUT2D eigenvalue weighted by Gasteiger charge is -1.98. The van der Waals surface area contributed by atoms with E-state index < -0.39 is 5.82 Å². The molecular formula is C12H10FN3O. The molecule has 0 saturated carbocycles. The third kappa shape index (κ3) is 2.39. The average Bonchev–Trinajstić information content (AvgIpc) is 2.74. The molecule has 0 spiro atoms. The molecule has 2 heterocycles. The van der Waals surface area contributed by atoms with Crippen molar-refractivity contribution in [3.8, 4) is 0 Å². The molecule has 2 aromatic rings. The van der Waals surface area contributed by atoms with Gasteiger partial charge in [-0.05, 0) is 24.3 Å². The number of oxazole rings is 1. The molecule has 0 unspecified atom stereocenters. The second-order valence-electron chi connectivity index (χ2n) is 3.16. The first-order valence-corrected chi connectivity index (χ1v) is 4.87. The van der Waals surface area contributed by atoms with E-state index in [1.165, 1.54) is 18.2 Å². The van der Waals surface area contributed by atoms with Gasteiger partial charge in [0.05, 0.1) is 6.20 Å². The largest absolute Gasteiger partial charge is 0.423 e. The second-order valence-corrected chi connectivity index (χ2v) is 3.16. The Morgan fingerprint density at radius 1 is 1.29 bits per heavy atom.